The van der Waals surface area contributed by atoms with Crippen LogP contribution in [0.2, 0.25) is 0 Å². The van der Waals surface area contributed by atoms with E-state index in [1.54, 1.807) is 11.6 Å². The number of ether oxygens (including phenoxy) is 1. The maximum atomic E-state index is 11.1. The molecule has 2 heterocycles. The van der Waals surface area contributed by atoms with Gasteiger partial charge in [0, 0.05) is 17.9 Å². The molecule has 0 saturated heterocycles. The van der Waals surface area contributed by atoms with Gasteiger partial charge in [-0.05, 0) is 12.1 Å². The number of thiazole rings is 1. The fraction of sp³-hybridized carbons (Fsp3) is 0.154. The lowest BCUT2D eigenvalue weighted by Crippen LogP contribution is -2.07. The smallest absolute Gasteiger partial charge is 0.250 e. The van der Waals surface area contributed by atoms with E-state index in [9.17, 15) is 4.79 Å². The van der Waals surface area contributed by atoms with Crippen molar-refractivity contribution in [2.24, 2.45) is 0 Å². The van der Waals surface area contributed by atoms with Crippen LogP contribution in [0.1, 0.15) is 6.92 Å². The number of aromatic nitrogens is 3. The summed E-state index contributed by atoms with van der Waals surface area (Å²) in [6, 6.07) is 7.70. The molecule has 0 aliphatic carbocycles. The van der Waals surface area contributed by atoms with Gasteiger partial charge in [0.25, 0.3) is 0 Å². The molecule has 0 radical (unpaired) electrons. The summed E-state index contributed by atoms with van der Waals surface area (Å²) in [5, 5.41) is 8.84. The van der Waals surface area contributed by atoms with E-state index in [-0.39, 0.29) is 5.91 Å². The first-order valence-corrected chi connectivity index (χ1v) is 6.82. The molecule has 3 rings (SSSR count). The number of anilines is 1. The van der Waals surface area contributed by atoms with Crippen molar-refractivity contribution < 1.29 is 9.53 Å². The fourth-order valence-corrected chi connectivity index (χ4v) is 2.76. The number of hydrogen-bond donors (Lipinski definition) is 1. The van der Waals surface area contributed by atoms with Crippen molar-refractivity contribution in [2.75, 3.05) is 12.4 Å². The second-order valence-corrected chi connectivity index (χ2v) is 4.97. The van der Waals surface area contributed by atoms with Gasteiger partial charge >= 0.3 is 0 Å². The molecule has 0 unspecified atom stereocenters. The molecule has 0 aliphatic rings. The Balaban J connectivity index is 2.11. The number of hydrogen-bond acceptors (Lipinski definition) is 5. The van der Waals surface area contributed by atoms with Gasteiger partial charge in [0.05, 0.1) is 12.8 Å². The minimum atomic E-state index is -0.193. The lowest BCUT2D eigenvalue weighted by Gasteiger charge is -2.06. The van der Waals surface area contributed by atoms with E-state index in [2.05, 4.69) is 15.4 Å². The topological polar surface area (TPSA) is 68.5 Å². The summed E-state index contributed by atoms with van der Waals surface area (Å²) in [4.78, 5) is 16.0. The summed E-state index contributed by atoms with van der Waals surface area (Å²) in [6.45, 7) is 1.43. The number of fused-ring (bicyclic) bond motifs is 1. The van der Waals surface area contributed by atoms with E-state index in [1.807, 2.05) is 29.6 Å². The zero-order chi connectivity index (χ0) is 14.1. The van der Waals surface area contributed by atoms with E-state index in [0.717, 1.165) is 22.0 Å². The van der Waals surface area contributed by atoms with Crippen molar-refractivity contribution in [1.29, 1.82) is 0 Å². The Labute approximate surface area is 119 Å². The number of carbonyl (C=O) groups is 1. The average molecular weight is 288 g/mol. The van der Waals surface area contributed by atoms with Crippen LogP contribution in [0.5, 0.6) is 5.75 Å². The van der Waals surface area contributed by atoms with Crippen molar-refractivity contribution in [3.8, 4) is 17.0 Å². The Morgan fingerprint density at radius 3 is 2.95 bits per heavy atom. The molecule has 0 aliphatic heterocycles. The third-order valence-corrected chi connectivity index (χ3v) is 3.57. The molecule has 7 heteroatoms. The highest BCUT2D eigenvalue weighted by Gasteiger charge is 2.14. The second-order valence-electron chi connectivity index (χ2n) is 4.13. The van der Waals surface area contributed by atoms with Crippen molar-refractivity contribution in [1.82, 2.24) is 14.6 Å². The van der Waals surface area contributed by atoms with E-state index >= 15 is 0 Å². The Kier molecular flexibility index (Phi) is 3.11. The number of para-hydroxylation sites is 1. The van der Waals surface area contributed by atoms with Gasteiger partial charge in [-0.2, -0.15) is 4.98 Å². The Bertz CT molecular complexity index is 778. The average Bonchev–Trinajstić information content (AvgIpc) is 2.97. The first kappa shape index (κ1) is 12.6. The standard InChI is InChI=1S/C13H12N4O2S/c1-8(18)14-12-15-13-17(16-12)10(7-20-13)9-5-3-4-6-11(9)19-2/h3-7H,1-2H3,(H,14,16,18). The first-order valence-electron chi connectivity index (χ1n) is 5.94. The van der Waals surface area contributed by atoms with Crippen LogP contribution in [0.3, 0.4) is 0 Å². The van der Waals surface area contributed by atoms with Crippen LogP contribution in [0.4, 0.5) is 5.95 Å². The molecule has 0 spiro atoms. The molecule has 20 heavy (non-hydrogen) atoms. The second kappa shape index (κ2) is 4.93. The predicted molar refractivity (Wildman–Crippen MR) is 77.2 cm³/mol. The van der Waals surface area contributed by atoms with Crippen molar-refractivity contribution in [3.63, 3.8) is 0 Å². The predicted octanol–water partition coefficient (Wildman–Crippen LogP) is 2.42. The molecule has 6 nitrogen and oxygen atoms in total. The lowest BCUT2D eigenvalue weighted by molar-refractivity contribution is -0.114. The highest BCUT2D eigenvalue weighted by molar-refractivity contribution is 7.15. The summed E-state index contributed by atoms with van der Waals surface area (Å²) < 4.78 is 7.06. The zero-order valence-corrected chi connectivity index (χ0v) is 11.8. The minimum Gasteiger partial charge on any atom is -0.496 e. The van der Waals surface area contributed by atoms with Gasteiger partial charge in [-0.1, -0.05) is 12.1 Å². The third kappa shape index (κ3) is 2.12. The van der Waals surface area contributed by atoms with Gasteiger partial charge in [-0.15, -0.1) is 16.4 Å². The lowest BCUT2D eigenvalue weighted by atomic mass is 10.1. The number of benzene rings is 1. The summed E-state index contributed by atoms with van der Waals surface area (Å²) >= 11 is 1.46. The minimum absolute atomic E-state index is 0.193. The molecule has 0 fully saturated rings. The van der Waals surface area contributed by atoms with E-state index in [1.165, 1.54) is 18.3 Å². The molecular formula is C13H12N4O2S. The van der Waals surface area contributed by atoms with Crippen molar-refractivity contribution >= 4 is 28.2 Å². The molecule has 0 saturated carbocycles. The summed E-state index contributed by atoms with van der Waals surface area (Å²) in [5.74, 6) is 0.881. The SMILES string of the molecule is COc1ccccc1-c1csc2nc(NC(C)=O)nn12. The van der Waals surface area contributed by atoms with Crippen LogP contribution < -0.4 is 10.1 Å². The quantitative estimate of drug-likeness (QED) is 0.803. The maximum absolute atomic E-state index is 11.1. The highest BCUT2D eigenvalue weighted by Crippen LogP contribution is 2.32. The molecule has 1 N–H and O–H groups in total. The molecule has 102 valence electrons. The van der Waals surface area contributed by atoms with E-state index < -0.39 is 0 Å². The third-order valence-electron chi connectivity index (χ3n) is 2.75. The van der Waals surface area contributed by atoms with Crippen molar-refractivity contribution in [2.45, 2.75) is 6.92 Å². The number of carbonyl (C=O) groups excluding carboxylic acids is 1. The number of amides is 1. The van der Waals surface area contributed by atoms with Crippen LogP contribution in [0, 0.1) is 0 Å². The molecule has 0 atom stereocenters. The van der Waals surface area contributed by atoms with Gasteiger partial charge in [0.2, 0.25) is 16.8 Å². The van der Waals surface area contributed by atoms with E-state index in [4.69, 9.17) is 4.74 Å². The van der Waals surface area contributed by atoms with Gasteiger partial charge in [0.15, 0.2) is 0 Å². The summed E-state index contributed by atoms with van der Waals surface area (Å²) in [7, 11) is 1.63. The summed E-state index contributed by atoms with van der Waals surface area (Å²) in [6.07, 6.45) is 0. The number of nitrogens with zero attached hydrogens (tertiary/aromatic N) is 3. The van der Waals surface area contributed by atoms with Crippen LogP contribution in [0.15, 0.2) is 29.6 Å². The normalized spacial score (nSPS) is 10.7. The molecule has 3 aromatic rings. The molecule has 2 aromatic heterocycles. The number of methoxy groups -OCH3 is 1. The van der Waals surface area contributed by atoms with Gasteiger partial charge < -0.3 is 4.74 Å². The Morgan fingerprint density at radius 1 is 1.40 bits per heavy atom. The first-order chi connectivity index (χ1) is 9.69. The van der Waals surface area contributed by atoms with Crippen LogP contribution in [-0.2, 0) is 4.79 Å². The fourth-order valence-electron chi connectivity index (χ4n) is 1.93. The Hall–Kier alpha value is -2.41. The van der Waals surface area contributed by atoms with Gasteiger partial charge in [-0.3, -0.25) is 10.1 Å². The largest absolute Gasteiger partial charge is 0.496 e. The van der Waals surface area contributed by atoms with Crippen LogP contribution in [-0.4, -0.2) is 27.6 Å². The highest BCUT2D eigenvalue weighted by atomic mass is 32.1. The van der Waals surface area contributed by atoms with E-state index in [0.29, 0.717) is 5.95 Å². The monoisotopic (exact) mass is 288 g/mol. The van der Waals surface area contributed by atoms with Gasteiger partial charge in [-0.25, -0.2) is 4.52 Å². The molecular weight excluding hydrogens is 276 g/mol. The van der Waals surface area contributed by atoms with Crippen LogP contribution >= 0.6 is 11.3 Å². The van der Waals surface area contributed by atoms with Gasteiger partial charge in [0.1, 0.15) is 5.75 Å². The van der Waals surface area contributed by atoms with Crippen LogP contribution in [0.25, 0.3) is 16.2 Å². The van der Waals surface area contributed by atoms with Crippen molar-refractivity contribution in [3.05, 3.63) is 29.6 Å². The number of rotatable bonds is 3. The molecule has 1 amide bonds. The number of nitrogens with one attached hydrogen (secondary N) is 1. The molecule has 1 aromatic carbocycles. The molecule has 0 bridgehead atoms. The summed E-state index contributed by atoms with van der Waals surface area (Å²) in [5.41, 5.74) is 1.81. The maximum Gasteiger partial charge on any atom is 0.250 e. The Morgan fingerprint density at radius 2 is 2.20 bits per heavy atom. The zero-order valence-electron chi connectivity index (χ0n) is 11.0.